The van der Waals surface area contributed by atoms with Gasteiger partial charge in [-0.15, -0.1) is 11.3 Å². The molecular weight excluding hydrogens is 298 g/mol. The van der Waals surface area contributed by atoms with Crippen molar-refractivity contribution in [1.82, 2.24) is 0 Å². The molecule has 0 saturated carbocycles. The Kier molecular flexibility index (Phi) is 4.20. The fourth-order valence-electron chi connectivity index (χ4n) is 1.56. The van der Waals surface area contributed by atoms with E-state index in [4.69, 9.17) is 10.5 Å². The van der Waals surface area contributed by atoms with E-state index < -0.39 is 0 Å². The van der Waals surface area contributed by atoms with Crippen molar-refractivity contribution in [3.05, 3.63) is 50.6 Å². The lowest BCUT2D eigenvalue weighted by molar-refractivity contribution is 0.304. The predicted molar refractivity (Wildman–Crippen MR) is 75.4 cm³/mol. The van der Waals surface area contributed by atoms with E-state index >= 15 is 0 Å². The Bertz CT molecular complexity index is 496. The molecule has 1 aromatic carbocycles. The third-order valence-electron chi connectivity index (χ3n) is 2.46. The monoisotopic (exact) mass is 311 g/mol. The minimum atomic E-state index is -0.0158. The lowest BCUT2D eigenvalue weighted by atomic mass is 10.1. The molecule has 1 aromatic heterocycles. The highest BCUT2D eigenvalue weighted by atomic mass is 79.9. The van der Waals surface area contributed by atoms with Crippen molar-refractivity contribution in [2.75, 3.05) is 0 Å². The van der Waals surface area contributed by atoms with E-state index in [0.29, 0.717) is 6.61 Å². The second kappa shape index (κ2) is 5.67. The molecule has 2 N–H and O–H groups in total. The van der Waals surface area contributed by atoms with Gasteiger partial charge in [0.15, 0.2) is 0 Å². The van der Waals surface area contributed by atoms with Gasteiger partial charge in [-0.25, -0.2) is 0 Å². The molecule has 0 fully saturated rings. The first kappa shape index (κ1) is 12.6. The van der Waals surface area contributed by atoms with Crippen molar-refractivity contribution in [2.45, 2.75) is 19.6 Å². The molecule has 0 aliphatic heterocycles. The summed E-state index contributed by atoms with van der Waals surface area (Å²) in [7, 11) is 0. The minimum Gasteiger partial charge on any atom is -0.488 e. The largest absolute Gasteiger partial charge is 0.488 e. The van der Waals surface area contributed by atoms with Crippen LogP contribution in [0.4, 0.5) is 0 Å². The van der Waals surface area contributed by atoms with Crippen LogP contribution in [0, 0.1) is 0 Å². The Hall–Kier alpha value is -0.840. The maximum Gasteiger partial charge on any atom is 0.124 e. The Labute approximate surface area is 114 Å². The Morgan fingerprint density at radius 1 is 1.35 bits per heavy atom. The number of ether oxygens (including phenoxy) is 1. The average molecular weight is 312 g/mol. The molecule has 90 valence electrons. The predicted octanol–water partition coefficient (Wildman–Crippen LogP) is 4.11. The van der Waals surface area contributed by atoms with Crippen LogP contribution >= 0.6 is 27.3 Å². The number of nitrogens with two attached hydrogens (primary N) is 1. The quantitative estimate of drug-likeness (QED) is 0.922. The van der Waals surface area contributed by atoms with Gasteiger partial charge in [-0.3, -0.25) is 0 Å². The van der Waals surface area contributed by atoms with E-state index in [0.717, 1.165) is 15.8 Å². The molecule has 2 rings (SSSR count). The zero-order valence-corrected chi connectivity index (χ0v) is 11.9. The standard InChI is InChI=1S/C13H14BrNOS/c1-9(15)10-4-2-3-5-12(10)16-8-13-11(14)6-7-17-13/h2-7,9H,8,15H2,1H3. The lowest BCUT2D eigenvalue weighted by Gasteiger charge is -2.13. The van der Waals surface area contributed by atoms with Gasteiger partial charge in [-0.2, -0.15) is 0 Å². The highest BCUT2D eigenvalue weighted by molar-refractivity contribution is 9.10. The molecule has 4 heteroatoms. The third-order valence-corrected chi connectivity index (χ3v) is 4.36. The van der Waals surface area contributed by atoms with Gasteiger partial charge >= 0.3 is 0 Å². The Morgan fingerprint density at radius 3 is 2.76 bits per heavy atom. The molecule has 0 saturated heterocycles. The Balaban J connectivity index is 2.11. The van der Waals surface area contributed by atoms with Crippen LogP contribution in [-0.2, 0) is 6.61 Å². The maximum atomic E-state index is 5.91. The van der Waals surface area contributed by atoms with Crippen molar-refractivity contribution in [3.63, 3.8) is 0 Å². The van der Waals surface area contributed by atoms with E-state index in [1.807, 2.05) is 42.6 Å². The van der Waals surface area contributed by atoms with E-state index in [1.54, 1.807) is 11.3 Å². The van der Waals surface area contributed by atoms with E-state index in [1.165, 1.54) is 4.88 Å². The smallest absolute Gasteiger partial charge is 0.124 e. The van der Waals surface area contributed by atoms with Gasteiger partial charge < -0.3 is 10.5 Å². The first-order chi connectivity index (χ1) is 8.18. The lowest BCUT2D eigenvalue weighted by Crippen LogP contribution is -2.07. The summed E-state index contributed by atoms with van der Waals surface area (Å²) in [4.78, 5) is 1.18. The molecule has 0 bridgehead atoms. The highest BCUT2D eigenvalue weighted by Gasteiger charge is 2.08. The van der Waals surface area contributed by atoms with Crippen LogP contribution in [0.15, 0.2) is 40.2 Å². The van der Waals surface area contributed by atoms with Crippen molar-refractivity contribution >= 4 is 27.3 Å². The number of hydrogen-bond donors (Lipinski definition) is 1. The zero-order valence-electron chi connectivity index (χ0n) is 9.52. The molecule has 2 nitrogen and oxygen atoms in total. The molecular formula is C13H14BrNOS. The first-order valence-corrected chi connectivity index (χ1v) is 7.05. The summed E-state index contributed by atoms with van der Waals surface area (Å²) in [6, 6.07) is 9.92. The maximum absolute atomic E-state index is 5.91. The molecule has 0 aliphatic carbocycles. The minimum absolute atomic E-state index is 0.0158. The van der Waals surface area contributed by atoms with Crippen molar-refractivity contribution < 1.29 is 4.74 Å². The highest BCUT2D eigenvalue weighted by Crippen LogP contribution is 2.27. The molecule has 17 heavy (non-hydrogen) atoms. The van der Waals surface area contributed by atoms with Crippen LogP contribution in [0.25, 0.3) is 0 Å². The Morgan fingerprint density at radius 2 is 2.12 bits per heavy atom. The van der Waals surface area contributed by atoms with Gasteiger partial charge in [0.25, 0.3) is 0 Å². The van der Waals surface area contributed by atoms with Gasteiger partial charge in [0.1, 0.15) is 12.4 Å². The molecule has 1 unspecified atom stereocenters. The summed E-state index contributed by atoms with van der Waals surface area (Å²) in [6.45, 7) is 2.53. The van der Waals surface area contributed by atoms with Crippen LogP contribution in [0.5, 0.6) is 5.75 Å². The summed E-state index contributed by atoms with van der Waals surface area (Å²) < 4.78 is 6.92. The molecule has 1 heterocycles. The number of halogens is 1. The van der Waals surface area contributed by atoms with Crippen LogP contribution < -0.4 is 10.5 Å². The molecule has 1 atom stereocenters. The SMILES string of the molecule is CC(N)c1ccccc1OCc1sccc1Br. The molecule has 0 aliphatic rings. The molecule has 0 amide bonds. The zero-order chi connectivity index (χ0) is 12.3. The number of benzene rings is 1. The van der Waals surface area contributed by atoms with E-state index in [-0.39, 0.29) is 6.04 Å². The fourth-order valence-corrected chi connectivity index (χ4v) is 2.94. The van der Waals surface area contributed by atoms with Crippen LogP contribution in [-0.4, -0.2) is 0 Å². The summed E-state index contributed by atoms with van der Waals surface area (Å²) in [5, 5.41) is 2.04. The van der Waals surface area contributed by atoms with Crippen LogP contribution in [0.3, 0.4) is 0 Å². The molecule has 0 spiro atoms. The van der Waals surface area contributed by atoms with Crippen LogP contribution in [0.1, 0.15) is 23.4 Å². The van der Waals surface area contributed by atoms with Crippen molar-refractivity contribution in [3.8, 4) is 5.75 Å². The van der Waals surface area contributed by atoms with Gasteiger partial charge in [-0.05, 0) is 40.4 Å². The topological polar surface area (TPSA) is 35.2 Å². The first-order valence-electron chi connectivity index (χ1n) is 5.37. The number of hydrogen-bond acceptors (Lipinski definition) is 3. The second-order valence-corrected chi connectivity index (χ2v) is 5.66. The summed E-state index contributed by atoms with van der Waals surface area (Å²) >= 11 is 5.17. The second-order valence-electron chi connectivity index (χ2n) is 3.81. The normalized spacial score (nSPS) is 12.4. The fraction of sp³-hybridized carbons (Fsp3) is 0.231. The summed E-state index contributed by atoms with van der Waals surface area (Å²) in [6.07, 6.45) is 0. The molecule has 0 radical (unpaired) electrons. The van der Waals surface area contributed by atoms with Gasteiger partial charge in [0, 0.05) is 16.1 Å². The van der Waals surface area contributed by atoms with E-state index in [2.05, 4.69) is 15.9 Å². The van der Waals surface area contributed by atoms with Crippen molar-refractivity contribution in [2.24, 2.45) is 5.73 Å². The molecule has 2 aromatic rings. The summed E-state index contributed by atoms with van der Waals surface area (Å²) in [5.41, 5.74) is 6.95. The van der Waals surface area contributed by atoms with Gasteiger partial charge in [0.2, 0.25) is 0 Å². The van der Waals surface area contributed by atoms with Gasteiger partial charge in [0.05, 0.1) is 4.88 Å². The van der Waals surface area contributed by atoms with Gasteiger partial charge in [-0.1, -0.05) is 18.2 Å². The number of para-hydroxylation sites is 1. The average Bonchev–Trinajstić information content (AvgIpc) is 2.72. The number of rotatable bonds is 4. The third kappa shape index (κ3) is 3.09. The summed E-state index contributed by atoms with van der Waals surface area (Å²) in [5.74, 6) is 0.864. The van der Waals surface area contributed by atoms with Crippen LogP contribution in [0.2, 0.25) is 0 Å². The van der Waals surface area contributed by atoms with E-state index in [9.17, 15) is 0 Å². The van der Waals surface area contributed by atoms with Crippen molar-refractivity contribution in [1.29, 1.82) is 0 Å². The number of thiophene rings is 1.